The molecule has 5 aromatic rings. The van der Waals surface area contributed by atoms with Gasteiger partial charge in [-0.15, -0.1) is 0 Å². The number of furan rings is 1. The summed E-state index contributed by atoms with van der Waals surface area (Å²) >= 11 is 0. The van der Waals surface area contributed by atoms with Gasteiger partial charge >= 0.3 is 0 Å². The van der Waals surface area contributed by atoms with Crippen molar-refractivity contribution < 1.29 is 19.1 Å². The first-order valence-electron chi connectivity index (χ1n) is 10.9. The molecule has 5 rings (SSSR count). The van der Waals surface area contributed by atoms with Gasteiger partial charge in [-0.05, 0) is 28.5 Å². The Morgan fingerprint density at radius 2 is 1.62 bits per heavy atom. The molecule has 0 saturated heterocycles. The highest BCUT2D eigenvalue weighted by Crippen LogP contribution is 2.40. The van der Waals surface area contributed by atoms with Crippen LogP contribution in [0.4, 0.5) is 0 Å². The Hall–Kier alpha value is -3.26. The summed E-state index contributed by atoms with van der Waals surface area (Å²) in [6.45, 7) is 0. The van der Waals surface area contributed by atoms with Crippen molar-refractivity contribution in [3.05, 3.63) is 78.7 Å². The molecular weight excluding hydrogens is 296 g/mol. The lowest BCUT2D eigenvalue weighted by atomic mass is 9.96. The summed E-state index contributed by atoms with van der Waals surface area (Å²) in [5.74, 6) is 0.0222. The molecule has 0 radical (unpaired) electrons. The highest BCUT2D eigenvalue weighted by Gasteiger charge is 2.15. The summed E-state index contributed by atoms with van der Waals surface area (Å²) in [4.78, 5) is 0. The fourth-order valence-corrected chi connectivity index (χ4v) is 3.04. The number of phenolic OH excluding ortho intramolecular Hbond substituents is 1. The van der Waals surface area contributed by atoms with Gasteiger partial charge in [0.2, 0.25) is 0 Å². The lowest BCUT2D eigenvalue weighted by molar-refractivity contribution is 0.481. The zero-order chi connectivity index (χ0) is 22.2. The molecule has 2 heteroatoms. The zero-order valence-corrected chi connectivity index (χ0v) is 12.3. The molecule has 114 valence electrons. The van der Waals surface area contributed by atoms with Crippen molar-refractivity contribution in [3.63, 3.8) is 0 Å². The number of hydrogen-bond acceptors (Lipinski definition) is 2. The molecule has 0 atom stereocenters. The van der Waals surface area contributed by atoms with E-state index in [4.69, 9.17) is 14.0 Å². The van der Waals surface area contributed by atoms with Gasteiger partial charge in [-0.1, -0.05) is 66.6 Å². The molecule has 0 aliphatic heterocycles. The molecule has 0 bridgehead atoms. The van der Waals surface area contributed by atoms with Gasteiger partial charge in [0.1, 0.15) is 16.9 Å². The summed E-state index contributed by atoms with van der Waals surface area (Å²) < 4.78 is 63.8. The van der Waals surface area contributed by atoms with Crippen LogP contribution < -0.4 is 0 Å². The molecule has 0 aliphatic carbocycles. The average molecular weight is 317 g/mol. The lowest BCUT2D eigenvalue weighted by Crippen LogP contribution is -1.82. The van der Waals surface area contributed by atoms with E-state index in [9.17, 15) is 5.11 Å². The molecule has 2 nitrogen and oxygen atoms in total. The number of fused-ring (bicyclic) bond motifs is 4. The molecule has 24 heavy (non-hydrogen) atoms. The second-order valence-corrected chi connectivity index (χ2v) is 5.43. The van der Waals surface area contributed by atoms with E-state index in [1.54, 1.807) is 30.3 Å². The molecule has 0 amide bonds. The molecule has 0 spiro atoms. The number of rotatable bonds is 1. The third-order valence-corrected chi connectivity index (χ3v) is 4.08. The van der Waals surface area contributed by atoms with Crippen molar-refractivity contribution in [3.8, 4) is 16.9 Å². The highest BCUT2D eigenvalue weighted by molar-refractivity contribution is 6.14. The minimum atomic E-state index is -0.499. The van der Waals surface area contributed by atoms with Crippen LogP contribution in [0.5, 0.6) is 5.75 Å². The topological polar surface area (TPSA) is 33.4 Å². The molecule has 4 aromatic carbocycles. The van der Waals surface area contributed by atoms with Crippen molar-refractivity contribution in [1.82, 2.24) is 0 Å². The van der Waals surface area contributed by atoms with E-state index in [0.29, 0.717) is 27.5 Å². The smallest absolute Gasteiger partial charge is 0.143 e. The fourth-order valence-electron chi connectivity index (χ4n) is 3.04. The van der Waals surface area contributed by atoms with Crippen LogP contribution in [0.2, 0.25) is 0 Å². The van der Waals surface area contributed by atoms with E-state index in [2.05, 4.69) is 0 Å². The Morgan fingerprint density at radius 1 is 0.792 bits per heavy atom. The second kappa shape index (κ2) is 4.87. The van der Waals surface area contributed by atoms with Crippen LogP contribution in [0.1, 0.15) is 9.60 Å². The van der Waals surface area contributed by atoms with Crippen molar-refractivity contribution in [2.24, 2.45) is 0 Å². The van der Waals surface area contributed by atoms with Crippen molar-refractivity contribution in [1.29, 1.82) is 0 Å². The minimum absolute atomic E-state index is 0.00539. The summed E-state index contributed by atoms with van der Waals surface area (Å²) in [6, 6.07) is 6.93. The van der Waals surface area contributed by atoms with Crippen LogP contribution in [0, 0.1) is 0 Å². The van der Waals surface area contributed by atoms with Crippen LogP contribution in [-0.2, 0) is 0 Å². The van der Waals surface area contributed by atoms with Gasteiger partial charge in [0.25, 0.3) is 0 Å². The predicted molar refractivity (Wildman–Crippen MR) is 98.3 cm³/mol. The van der Waals surface area contributed by atoms with Gasteiger partial charge in [0, 0.05) is 10.9 Å². The van der Waals surface area contributed by atoms with Crippen molar-refractivity contribution >= 4 is 32.7 Å². The van der Waals surface area contributed by atoms with Crippen LogP contribution in [0.15, 0.2) is 83.1 Å². The maximum atomic E-state index is 10.3. The van der Waals surface area contributed by atoms with Crippen LogP contribution in [0.25, 0.3) is 43.8 Å². The maximum Gasteiger partial charge on any atom is 0.143 e. The number of para-hydroxylation sites is 1. The Morgan fingerprint density at radius 3 is 2.58 bits per heavy atom. The van der Waals surface area contributed by atoms with Gasteiger partial charge in [-0.3, -0.25) is 0 Å². The first-order chi connectivity index (χ1) is 14.7. The molecule has 1 N–H and O–H groups in total. The van der Waals surface area contributed by atoms with E-state index in [1.807, 2.05) is 0 Å². The Kier molecular flexibility index (Phi) is 1.63. The Bertz CT molecular complexity index is 1560. The van der Waals surface area contributed by atoms with Crippen LogP contribution >= 0.6 is 0 Å². The van der Waals surface area contributed by atoms with E-state index in [0.717, 1.165) is 0 Å². The number of benzene rings is 4. The molecule has 0 aliphatic rings. The first-order valence-corrected chi connectivity index (χ1v) is 7.37. The number of hydrogen-bond donors (Lipinski definition) is 1. The summed E-state index contributed by atoms with van der Waals surface area (Å²) in [5, 5.41) is 11.3. The van der Waals surface area contributed by atoms with Gasteiger partial charge < -0.3 is 9.52 Å². The van der Waals surface area contributed by atoms with Gasteiger partial charge in [0.05, 0.1) is 15.0 Å². The monoisotopic (exact) mass is 317 g/mol. The molecule has 1 heterocycles. The van der Waals surface area contributed by atoms with Gasteiger partial charge in [0.15, 0.2) is 0 Å². The molecule has 1 aromatic heterocycles. The third-order valence-electron chi connectivity index (χ3n) is 4.08. The van der Waals surface area contributed by atoms with Gasteiger partial charge in [-0.25, -0.2) is 0 Å². The van der Waals surface area contributed by atoms with Crippen LogP contribution in [0.3, 0.4) is 0 Å². The third kappa shape index (κ3) is 1.77. The molecule has 0 unspecified atom stereocenters. The molecular formula is C22H14O2. The normalized spacial score (nSPS) is 15.6. The zero-order valence-electron chi connectivity index (χ0n) is 19.3. The van der Waals surface area contributed by atoms with E-state index >= 15 is 0 Å². The minimum Gasteiger partial charge on any atom is -0.507 e. The molecule has 0 saturated carbocycles. The quantitative estimate of drug-likeness (QED) is 0.404. The van der Waals surface area contributed by atoms with E-state index < -0.39 is 30.2 Å². The lowest BCUT2D eigenvalue weighted by Gasteiger charge is -2.07. The summed E-state index contributed by atoms with van der Waals surface area (Å²) in [5.41, 5.74) is 1.18. The summed E-state index contributed by atoms with van der Waals surface area (Å²) in [6.07, 6.45) is 0. The standard InChI is InChI=1S/C22H14O2/c23-19-12-5-13-20-21(19)18-11-4-10-17(22(18)24-20)16-9-3-7-14-6-1-2-8-15(14)16/h1-13,23H/i1D,2D,3D,6D,7D,8D,9D. The maximum absolute atomic E-state index is 10.3. The van der Waals surface area contributed by atoms with E-state index in [-0.39, 0.29) is 34.2 Å². The SMILES string of the molecule is [2H]c1c([2H])c([2H])c2c(-c3cccc4c3oc3cccc(O)c34)c([2H])c([2H])c([2H])c2c1[2H]. The van der Waals surface area contributed by atoms with E-state index in [1.165, 1.54) is 6.07 Å². The van der Waals surface area contributed by atoms with Gasteiger partial charge in [-0.2, -0.15) is 0 Å². The predicted octanol–water partition coefficient (Wildman–Crippen LogP) is 6.11. The highest BCUT2D eigenvalue weighted by atomic mass is 16.3. The second-order valence-electron chi connectivity index (χ2n) is 5.43. The van der Waals surface area contributed by atoms with Crippen molar-refractivity contribution in [2.45, 2.75) is 0 Å². The fraction of sp³-hybridized carbons (Fsp3) is 0. The Balaban J connectivity index is 2.05. The molecule has 0 fully saturated rings. The Labute approximate surface area is 148 Å². The largest absolute Gasteiger partial charge is 0.507 e. The number of phenols is 1. The first kappa shape index (κ1) is 8.02. The van der Waals surface area contributed by atoms with Crippen LogP contribution in [-0.4, -0.2) is 5.11 Å². The summed E-state index contributed by atoms with van der Waals surface area (Å²) in [7, 11) is 0. The van der Waals surface area contributed by atoms with Crippen molar-refractivity contribution in [2.75, 3.05) is 0 Å². The number of aromatic hydroxyl groups is 1. The average Bonchev–Trinajstić information content (AvgIpc) is 3.14.